The summed E-state index contributed by atoms with van der Waals surface area (Å²) >= 11 is 0. The van der Waals surface area contributed by atoms with Crippen LogP contribution in [0, 0.1) is 0 Å². The molecule has 0 aromatic carbocycles. The van der Waals surface area contributed by atoms with Gasteiger partial charge in [-0.2, -0.15) is 0 Å². The van der Waals surface area contributed by atoms with E-state index in [1.165, 1.54) is 6.92 Å². The van der Waals surface area contributed by atoms with Crippen LogP contribution in [0.25, 0.3) is 0 Å². The number of rotatable bonds is 4. The van der Waals surface area contributed by atoms with Crippen LogP contribution in [0.4, 0.5) is 0 Å². The van der Waals surface area contributed by atoms with Crippen LogP contribution in [0.3, 0.4) is 0 Å². The largest absolute Gasteiger partial charge is 0.331 e. The molecule has 7 nitrogen and oxygen atoms in total. The molecule has 0 bridgehead atoms. The Morgan fingerprint density at radius 1 is 1.50 bits per heavy atom. The molecule has 1 amide bonds. The molecule has 1 atom stereocenters. The van der Waals surface area contributed by atoms with Crippen molar-refractivity contribution in [1.29, 1.82) is 0 Å². The fourth-order valence-electron chi connectivity index (χ4n) is 2.17. The van der Waals surface area contributed by atoms with E-state index in [4.69, 9.17) is 0 Å². The lowest BCUT2D eigenvalue weighted by Gasteiger charge is -2.20. The third kappa shape index (κ3) is 3.31. The number of amides is 1. The van der Waals surface area contributed by atoms with Crippen LogP contribution < -0.4 is 4.72 Å². The first-order valence-electron chi connectivity index (χ1n) is 6.40. The van der Waals surface area contributed by atoms with E-state index in [-0.39, 0.29) is 5.91 Å². The van der Waals surface area contributed by atoms with Crippen molar-refractivity contribution in [3.05, 3.63) is 23.3 Å². The maximum atomic E-state index is 12.2. The molecule has 1 aromatic rings. The zero-order valence-electron chi connectivity index (χ0n) is 11.8. The van der Waals surface area contributed by atoms with Gasteiger partial charge in [0.25, 0.3) is 0 Å². The van der Waals surface area contributed by atoms with Crippen LogP contribution in [0.5, 0.6) is 0 Å². The number of aromatic nitrogens is 2. The van der Waals surface area contributed by atoms with Crippen molar-refractivity contribution in [3.63, 3.8) is 0 Å². The minimum atomic E-state index is -3.40. The van der Waals surface area contributed by atoms with Gasteiger partial charge in [0.15, 0.2) is 0 Å². The van der Waals surface area contributed by atoms with E-state index in [1.807, 2.05) is 6.92 Å². The van der Waals surface area contributed by atoms with Crippen molar-refractivity contribution in [2.24, 2.45) is 0 Å². The summed E-state index contributed by atoms with van der Waals surface area (Å²) in [5.41, 5.74) is 1.76. The number of aryl methyl sites for hydroxylation is 1. The van der Waals surface area contributed by atoms with Gasteiger partial charge in [0, 0.05) is 24.7 Å². The molecule has 0 radical (unpaired) electrons. The third-order valence-corrected chi connectivity index (χ3v) is 3.88. The molecule has 0 saturated heterocycles. The van der Waals surface area contributed by atoms with Crippen molar-refractivity contribution in [1.82, 2.24) is 19.6 Å². The summed E-state index contributed by atoms with van der Waals surface area (Å²) in [5.74, 6) is 0.492. The molecule has 0 spiro atoms. The molecule has 0 fully saturated rings. The predicted octanol–water partition coefficient (Wildman–Crippen LogP) is -0.181. The number of nitrogens with zero attached hydrogens (tertiary/aromatic N) is 3. The van der Waals surface area contributed by atoms with Gasteiger partial charge in [0.05, 0.1) is 24.5 Å². The number of hydrogen-bond acceptors (Lipinski definition) is 5. The van der Waals surface area contributed by atoms with Gasteiger partial charge in [-0.25, -0.2) is 23.1 Å². The van der Waals surface area contributed by atoms with E-state index in [2.05, 4.69) is 14.7 Å². The number of hydrogen-bond donors (Lipinski definition) is 1. The van der Waals surface area contributed by atoms with Gasteiger partial charge in [-0.05, 0) is 6.92 Å². The minimum Gasteiger partial charge on any atom is -0.331 e. The molecule has 0 saturated carbocycles. The Balaban J connectivity index is 2.08. The summed E-state index contributed by atoms with van der Waals surface area (Å²) in [6.45, 7) is 4.33. The van der Waals surface area contributed by atoms with E-state index in [9.17, 15) is 13.2 Å². The molecule has 0 unspecified atom stereocenters. The Morgan fingerprint density at radius 2 is 2.20 bits per heavy atom. The van der Waals surface area contributed by atoms with E-state index in [0.29, 0.717) is 13.1 Å². The van der Waals surface area contributed by atoms with Crippen LogP contribution in [-0.4, -0.2) is 41.5 Å². The van der Waals surface area contributed by atoms with Gasteiger partial charge in [0.1, 0.15) is 5.82 Å². The summed E-state index contributed by atoms with van der Waals surface area (Å²) in [4.78, 5) is 22.4. The number of carbonyl (C=O) groups is 1. The van der Waals surface area contributed by atoms with E-state index in [0.717, 1.165) is 29.8 Å². The predicted molar refractivity (Wildman–Crippen MR) is 73.1 cm³/mol. The lowest BCUT2D eigenvalue weighted by molar-refractivity contribution is -0.133. The molecular weight excluding hydrogens is 280 g/mol. The highest BCUT2D eigenvalue weighted by atomic mass is 32.2. The van der Waals surface area contributed by atoms with Gasteiger partial charge < -0.3 is 4.90 Å². The zero-order valence-corrected chi connectivity index (χ0v) is 12.6. The van der Waals surface area contributed by atoms with Crippen LogP contribution in [0.2, 0.25) is 0 Å². The lowest BCUT2D eigenvalue weighted by Crippen LogP contribution is -2.44. The Kier molecular flexibility index (Phi) is 4.05. The van der Waals surface area contributed by atoms with Crippen molar-refractivity contribution < 1.29 is 13.2 Å². The average molecular weight is 298 g/mol. The van der Waals surface area contributed by atoms with Crippen molar-refractivity contribution in [2.45, 2.75) is 39.4 Å². The van der Waals surface area contributed by atoms with E-state index < -0.39 is 16.1 Å². The smallest absolute Gasteiger partial charge is 0.241 e. The van der Waals surface area contributed by atoms with Crippen LogP contribution in [-0.2, 0) is 34.3 Å². The Morgan fingerprint density at radius 3 is 2.80 bits per heavy atom. The second-order valence-electron chi connectivity index (χ2n) is 4.92. The molecule has 1 N–H and O–H groups in total. The topological polar surface area (TPSA) is 92.3 Å². The Bertz CT molecular complexity index is 630. The van der Waals surface area contributed by atoms with Gasteiger partial charge in [0.2, 0.25) is 15.9 Å². The summed E-state index contributed by atoms with van der Waals surface area (Å²) in [6.07, 6.45) is 3.52. The van der Waals surface area contributed by atoms with Crippen LogP contribution >= 0.6 is 0 Å². The number of fused-ring (bicyclic) bond motifs is 1. The maximum Gasteiger partial charge on any atom is 0.241 e. The second-order valence-corrected chi connectivity index (χ2v) is 6.70. The molecule has 1 aliphatic rings. The van der Waals surface area contributed by atoms with E-state index >= 15 is 0 Å². The second kappa shape index (κ2) is 5.45. The maximum absolute atomic E-state index is 12.2. The summed E-state index contributed by atoms with van der Waals surface area (Å²) in [6, 6.07) is -0.780. The average Bonchev–Trinajstić information content (AvgIpc) is 2.78. The molecule has 110 valence electrons. The number of carbonyl (C=O) groups excluding carboxylic acids is 1. The lowest BCUT2D eigenvalue weighted by atomic mass is 10.3. The number of nitrogens with one attached hydrogen (secondary N) is 1. The monoisotopic (exact) mass is 298 g/mol. The highest BCUT2D eigenvalue weighted by molar-refractivity contribution is 7.88. The van der Waals surface area contributed by atoms with Gasteiger partial charge in [-0.3, -0.25) is 4.79 Å². The minimum absolute atomic E-state index is 0.258. The van der Waals surface area contributed by atoms with Crippen LogP contribution in [0.1, 0.15) is 30.9 Å². The van der Waals surface area contributed by atoms with E-state index in [1.54, 1.807) is 11.1 Å². The number of sulfonamides is 1. The van der Waals surface area contributed by atoms with Crippen molar-refractivity contribution in [3.8, 4) is 0 Å². The van der Waals surface area contributed by atoms with Crippen molar-refractivity contribution >= 4 is 15.9 Å². The normalized spacial score (nSPS) is 16.1. The molecule has 1 aromatic heterocycles. The summed E-state index contributed by atoms with van der Waals surface area (Å²) in [5, 5.41) is 0. The first-order valence-corrected chi connectivity index (χ1v) is 8.29. The van der Waals surface area contributed by atoms with Gasteiger partial charge in [-0.1, -0.05) is 6.92 Å². The Labute approximate surface area is 118 Å². The van der Waals surface area contributed by atoms with Crippen molar-refractivity contribution in [2.75, 3.05) is 6.26 Å². The highest BCUT2D eigenvalue weighted by Gasteiger charge is 2.29. The van der Waals surface area contributed by atoms with Gasteiger partial charge in [-0.15, -0.1) is 0 Å². The molecule has 2 heterocycles. The Hall–Kier alpha value is -1.54. The summed E-state index contributed by atoms with van der Waals surface area (Å²) in [7, 11) is -3.40. The van der Waals surface area contributed by atoms with Gasteiger partial charge >= 0.3 is 0 Å². The molecule has 8 heteroatoms. The standard InChI is InChI=1S/C12H18N4O3S/c1-4-11-13-5-9-6-16(7-10(9)14-11)12(17)8(2)15-20(3,18)19/h5,8,15H,4,6-7H2,1-3H3/t8-/m1/s1. The fourth-order valence-corrected chi connectivity index (χ4v) is 2.91. The first-order chi connectivity index (χ1) is 9.30. The zero-order chi connectivity index (χ0) is 14.9. The quantitative estimate of drug-likeness (QED) is 0.832. The fraction of sp³-hybridized carbons (Fsp3) is 0.583. The molecule has 20 heavy (non-hydrogen) atoms. The molecule has 0 aliphatic carbocycles. The van der Waals surface area contributed by atoms with Crippen LogP contribution in [0.15, 0.2) is 6.20 Å². The molecular formula is C12H18N4O3S. The first kappa shape index (κ1) is 14.9. The highest BCUT2D eigenvalue weighted by Crippen LogP contribution is 2.21. The third-order valence-electron chi connectivity index (χ3n) is 3.10. The SMILES string of the molecule is CCc1ncc2c(n1)CN(C(=O)[C@@H](C)NS(C)(=O)=O)C2. The summed E-state index contributed by atoms with van der Waals surface area (Å²) < 4.78 is 24.6. The molecule has 2 rings (SSSR count). The molecule has 1 aliphatic heterocycles.